The summed E-state index contributed by atoms with van der Waals surface area (Å²) in [6.07, 6.45) is 2.58. The molecule has 2 aromatic rings. The third-order valence-electron chi connectivity index (χ3n) is 3.19. The molecule has 1 aromatic carbocycles. The molecule has 0 N–H and O–H groups in total. The summed E-state index contributed by atoms with van der Waals surface area (Å²) in [6, 6.07) is 9.81. The topological polar surface area (TPSA) is 76.8 Å². The van der Waals surface area contributed by atoms with Crippen LogP contribution < -0.4 is 0 Å². The molecule has 0 bridgehead atoms. The molecule has 0 spiro atoms. The number of rotatable bonds is 4. The zero-order valence-electron chi connectivity index (χ0n) is 11.7. The van der Waals surface area contributed by atoms with E-state index < -0.39 is 24.5 Å². The number of furan rings is 1. The maximum Gasteiger partial charge on any atom is 0.332 e. The third-order valence-corrected chi connectivity index (χ3v) is 3.62. The van der Waals surface area contributed by atoms with Crippen LogP contribution in [0.15, 0.2) is 51.6 Å². The van der Waals surface area contributed by atoms with Gasteiger partial charge in [-0.05, 0) is 46.3 Å². The molecule has 0 fully saturated rings. The zero-order valence-corrected chi connectivity index (χ0v) is 13.3. The van der Waals surface area contributed by atoms with Crippen molar-refractivity contribution in [3.05, 3.63) is 64.0 Å². The van der Waals surface area contributed by atoms with Crippen LogP contribution in [-0.2, 0) is 9.53 Å². The van der Waals surface area contributed by atoms with Gasteiger partial charge in [0.25, 0.3) is 11.8 Å². The molecular formula is C16H10BrNO5. The second kappa shape index (κ2) is 6.21. The van der Waals surface area contributed by atoms with Gasteiger partial charge in [0.1, 0.15) is 5.76 Å². The normalized spacial score (nSPS) is 13.7. The molecule has 1 aliphatic rings. The van der Waals surface area contributed by atoms with E-state index >= 15 is 0 Å². The molecule has 6 nitrogen and oxygen atoms in total. The van der Waals surface area contributed by atoms with Gasteiger partial charge in [0, 0.05) is 6.08 Å². The smallest absolute Gasteiger partial charge is 0.332 e. The first-order chi connectivity index (χ1) is 11.1. The van der Waals surface area contributed by atoms with Gasteiger partial charge < -0.3 is 9.15 Å². The number of hydrogen-bond acceptors (Lipinski definition) is 5. The number of esters is 1. The van der Waals surface area contributed by atoms with E-state index in [1.807, 2.05) is 0 Å². The van der Waals surface area contributed by atoms with Crippen molar-refractivity contribution < 1.29 is 23.5 Å². The quantitative estimate of drug-likeness (QED) is 0.466. The molecule has 116 valence electrons. The predicted molar refractivity (Wildman–Crippen MR) is 83.3 cm³/mol. The van der Waals surface area contributed by atoms with Gasteiger partial charge in [0.05, 0.1) is 11.1 Å². The fourth-order valence-electron chi connectivity index (χ4n) is 2.10. The summed E-state index contributed by atoms with van der Waals surface area (Å²) in [7, 11) is 0. The highest BCUT2D eigenvalue weighted by atomic mass is 79.9. The first-order valence-corrected chi connectivity index (χ1v) is 7.41. The Morgan fingerprint density at radius 2 is 1.78 bits per heavy atom. The van der Waals surface area contributed by atoms with Crippen molar-refractivity contribution in [3.63, 3.8) is 0 Å². The summed E-state index contributed by atoms with van der Waals surface area (Å²) in [6.45, 7) is -0.433. The van der Waals surface area contributed by atoms with E-state index in [1.165, 1.54) is 6.08 Å². The number of ether oxygens (including phenoxy) is 1. The average molecular weight is 376 g/mol. The van der Waals surface area contributed by atoms with Crippen LogP contribution in [0, 0.1) is 0 Å². The number of nitrogens with zero attached hydrogens (tertiary/aromatic N) is 1. The number of amides is 2. The van der Waals surface area contributed by atoms with Crippen molar-refractivity contribution in [1.29, 1.82) is 0 Å². The number of carbonyl (C=O) groups excluding carboxylic acids is 3. The van der Waals surface area contributed by atoms with Gasteiger partial charge in [-0.15, -0.1) is 0 Å². The number of benzene rings is 1. The van der Waals surface area contributed by atoms with Crippen LogP contribution in [-0.4, -0.2) is 29.4 Å². The largest absolute Gasteiger partial charge is 0.450 e. The lowest BCUT2D eigenvalue weighted by Gasteiger charge is -2.12. The molecule has 3 rings (SSSR count). The summed E-state index contributed by atoms with van der Waals surface area (Å²) in [5.41, 5.74) is 0.619. The summed E-state index contributed by atoms with van der Waals surface area (Å²) < 4.78 is 10.7. The van der Waals surface area contributed by atoms with Crippen LogP contribution in [0.3, 0.4) is 0 Å². The SMILES string of the molecule is O=C(/C=C/c1ccc(Br)o1)OCN1C(=O)c2ccccc2C1=O. The lowest BCUT2D eigenvalue weighted by Crippen LogP contribution is -2.32. The van der Waals surface area contributed by atoms with E-state index in [0.717, 1.165) is 11.0 Å². The monoisotopic (exact) mass is 375 g/mol. The number of imide groups is 1. The number of hydrogen-bond donors (Lipinski definition) is 0. The Balaban J connectivity index is 1.61. The van der Waals surface area contributed by atoms with Gasteiger partial charge in [0.15, 0.2) is 11.4 Å². The Bertz CT molecular complexity index is 788. The van der Waals surface area contributed by atoms with E-state index in [2.05, 4.69) is 15.9 Å². The molecule has 0 aliphatic carbocycles. The molecule has 0 saturated carbocycles. The van der Waals surface area contributed by atoms with Gasteiger partial charge in [0.2, 0.25) is 0 Å². The van der Waals surface area contributed by atoms with E-state index in [0.29, 0.717) is 21.6 Å². The zero-order chi connectivity index (χ0) is 16.4. The molecule has 2 amide bonds. The molecule has 0 atom stereocenters. The highest BCUT2D eigenvalue weighted by Gasteiger charge is 2.35. The molecule has 0 unspecified atom stereocenters. The van der Waals surface area contributed by atoms with Crippen molar-refractivity contribution in [2.75, 3.05) is 6.73 Å². The minimum absolute atomic E-state index is 0.310. The number of fused-ring (bicyclic) bond motifs is 1. The average Bonchev–Trinajstić information content (AvgIpc) is 3.07. The van der Waals surface area contributed by atoms with Crippen LogP contribution in [0.5, 0.6) is 0 Å². The van der Waals surface area contributed by atoms with Gasteiger partial charge >= 0.3 is 5.97 Å². The molecule has 0 radical (unpaired) electrons. The van der Waals surface area contributed by atoms with Gasteiger partial charge in [-0.1, -0.05) is 12.1 Å². The predicted octanol–water partition coefficient (Wildman–Crippen LogP) is 2.85. The van der Waals surface area contributed by atoms with E-state index in [4.69, 9.17) is 9.15 Å². The van der Waals surface area contributed by atoms with Crippen LogP contribution >= 0.6 is 15.9 Å². The third kappa shape index (κ3) is 3.09. The number of carbonyl (C=O) groups is 3. The van der Waals surface area contributed by atoms with Crippen LogP contribution in [0.1, 0.15) is 26.5 Å². The maximum atomic E-state index is 12.1. The van der Waals surface area contributed by atoms with E-state index in [1.54, 1.807) is 36.4 Å². The molecule has 23 heavy (non-hydrogen) atoms. The molecule has 1 aromatic heterocycles. The van der Waals surface area contributed by atoms with Crippen molar-refractivity contribution >= 4 is 39.8 Å². The first kappa shape index (κ1) is 15.2. The lowest BCUT2D eigenvalue weighted by molar-refractivity contribution is -0.140. The van der Waals surface area contributed by atoms with Crippen molar-refractivity contribution in [2.24, 2.45) is 0 Å². The van der Waals surface area contributed by atoms with Gasteiger partial charge in [-0.2, -0.15) is 0 Å². The summed E-state index contributed by atoms with van der Waals surface area (Å²) in [5.74, 6) is -1.17. The second-order valence-electron chi connectivity index (χ2n) is 4.65. The lowest BCUT2D eigenvalue weighted by atomic mass is 10.1. The molecule has 2 heterocycles. The van der Waals surface area contributed by atoms with Crippen LogP contribution in [0.25, 0.3) is 6.08 Å². The first-order valence-electron chi connectivity index (χ1n) is 6.61. The fourth-order valence-corrected chi connectivity index (χ4v) is 2.42. The summed E-state index contributed by atoms with van der Waals surface area (Å²) in [4.78, 5) is 36.7. The Morgan fingerprint density at radius 1 is 1.13 bits per heavy atom. The summed E-state index contributed by atoms with van der Waals surface area (Å²) >= 11 is 3.14. The molecule has 0 saturated heterocycles. The van der Waals surface area contributed by atoms with E-state index in [-0.39, 0.29) is 0 Å². The summed E-state index contributed by atoms with van der Waals surface area (Å²) in [5, 5.41) is 0. The van der Waals surface area contributed by atoms with Crippen LogP contribution in [0.4, 0.5) is 0 Å². The van der Waals surface area contributed by atoms with Gasteiger partial charge in [-0.25, -0.2) is 9.69 Å². The second-order valence-corrected chi connectivity index (χ2v) is 5.43. The van der Waals surface area contributed by atoms with Crippen LogP contribution in [0.2, 0.25) is 0 Å². The molecular weight excluding hydrogens is 366 g/mol. The Morgan fingerprint density at radius 3 is 2.35 bits per heavy atom. The molecule has 7 heteroatoms. The standard InChI is InChI=1S/C16H10BrNO5/c17-13-7-5-10(23-13)6-8-14(19)22-9-18-15(20)11-3-1-2-4-12(11)16(18)21/h1-8H,9H2/b8-6+. The van der Waals surface area contributed by atoms with Crippen molar-refractivity contribution in [1.82, 2.24) is 4.90 Å². The van der Waals surface area contributed by atoms with Gasteiger partial charge in [-0.3, -0.25) is 9.59 Å². The Hall–Kier alpha value is -2.67. The Kier molecular flexibility index (Phi) is 4.12. The highest BCUT2D eigenvalue weighted by molar-refractivity contribution is 9.10. The fraction of sp³-hybridized carbons (Fsp3) is 0.0625. The van der Waals surface area contributed by atoms with Crippen molar-refractivity contribution in [2.45, 2.75) is 0 Å². The van der Waals surface area contributed by atoms with Crippen molar-refractivity contribution in [3.8, 4) is 0 Å². The minimum Gasteiger partial charge on any atom is -0.450 e. The highest BCUT2D eigenvalue weighted by Crippen LogP contribution is 2.22. The minimum atomic E-state index is -0.686. The number of halogens is 1. The van der Waals surface area contributed by atoms with E-state index in [9.17, 15) is 14.4 Å². The maximum absolute atomic E-state index is 12.1. The molecule has 1 aliphatic heterocycles. The Labute approximate surface area is 139 Å².